The normalized spacial score (nSPS) is 22.2. The molecule has 1 fully saturated rings. The van der Waals surface area contributed by atoms with E-state index in [1.165, 1.54) is 0 Å². The minimum absolute atomic E-state index is 0.447. The number of anilines is 1. The number of rotatable bonds is 5. The first-order chi connectivity index (χ1) is 10.1. The van der Waals surface area contributed by atoms with E-state index in [0.717, 1.165) is 37.4 Å². The molecule has 118 valence electrons. The lowest BCUT2D eigenvalue weighted by Crippen LogP contribution is -2.47. The van der Waals surface area contributed by atoms with E-state index in [1.807, 2.05) is 12.1 Å². The van der Waals surface area contributed by atoms with Crippen LogP contribution in [0.25, 0.3) is 0 Å². The zero-order valence-corrected chi connectivity index (χ0v) is 14.0. The van der Waals surface area contributed by atoms with Crippen molar-refractivity contribution in [3.8, 4) is 11.5 Å². The molecule has 2 atom stereocenters. The molecule has 0 spiro atoms. The molecule has 1 aliphatic rings. The van der Waals surface area contributed by atoms with E-state index in [4.69, 9.17) is 21.1 Å². The third-order valence-electron chi connectivity index (χ3n) is 4.13. The van der Waals surface area contributed by atoms with Gasteiger partial charge in [-0.3, -0.25) is 0 Å². The number of nitrogens with zero attached hydrogens (tertiary/aromatic N) is 1. The van der Waals surface area contributed by atoms with E-state index in [9.17, 15) is 0 Å². The maximum absolute atomic E-state index is 6.19. The molecular formula is C16H25ClN2O2. The van der Waals surface area contributed by atoms with Crippen LogP contribution in [0.1, 0.15) is 26.7 Å². The average Bonchev–Trinajstić information content (AvgIpc) is 2.48. The first kappa shape index (κ1) is 16.2. The highest BCUT2D eigenvalue weighted by Gasteiger charge is 2.27. The summed E-state index contributed by atoms with van der Waals surface area (Å²) in [4.78, 5) is 2.38. The van der Waals surface area contributed by atoms with Crippen LogP contribution in [0.3, 0.4) is 0 Å². The van der Waals surface area contributed by atoms with Crippen molar-refractivity contribution < 1.29 is 9.47 Å². The van der Waals surface area contributed by atoms with Gasteiger partial charge in [-0.2, -0.15) is 0 Å². The lowest BCUT2D eigenvalue weighted by atomic mass is 9.97. The van der Waals surface area contributed by atoms with Crippen molar-refractivity contribution in [1.29, 1.82) is 0 Å². The van der Waals surface area contributed by atoms with Crippen molar-refractivity contribution in [2.75, 3.05) is 32.2 Å². The fourth-order valence-electron chi connectivity index (χ4n) is 3.07. The lowest BCUT2D eigenvalue weighted by Gasteiger charge is -2.40. The van der Waals surface area contributed by atoms with E-state index < -0.39 is 0 Å². The molecule has 0 aromatic heterocycles. The van der Waals surface area contributed by atoms with Gasteiger partial charge in [-0.15, -0.1) is 0 Å². The van der Waals surface area contributed by atoms with E-state index >= 15 is 0 Å². The molecule has 0 aliphatic carbocycles. The van der Waals surface area contributed by atoms with E-state index in [2.05, 4.69) is 24.1 Å². The highest BCUT2D eigenvalue weighted by molar-refractivity contribution is 6.32. The van der Waals surface area contributed by atoms with Crippen LogP contribution in [0.5, 0.6) is 11.5 Å². The highest BCUT2D eigenvalue weighted by Crippen LogP contribution is 2.40. The van der Waals surface area contributed by atoms with Gasteiger partial charge in [-0.1, -0.05) is 18.5 Å². The molecule has 1 aromatic carbocycles. The Morgan fingerprint density at radius 2 is 2.00 bits per heavy atom. The van der Waals surface area contributed by atoms with Gasteiger partial charge in [0.2, 0.25) is 0 Å². The first-order valence-corrected chi connectivity index (χ1v) is 7.90. The van der Waals surface area contributed by atoms with Gasteiger partial charge in [-0.25, -0.2) is 0 Å². The number of methoxy groups -OCH3 is 2. The number of nitrogens with one attached hydrogen (secondary N) is 1. The van der Waals surface area contributed by atoms with Gasteiger partial charge >= 0.3 is 0 Å². The largest absolute Gasteiger partial charge is 0.495 e. The lowest BCUT2D eigenvalue weighted by molar-refractivity contribution is 0.364. The molecule has 2 unspecified atom stereocenters. The van der Waals surface area contributed by atoms with Gasteiger partial charge in [0.05, 0.1) is 24.9 Å². The molecule has 0 amide bonds. The quantitative estimate of drug-likeness (QED) is 0.904. The maximum atomic E-state index is 6.19. The van der Waals surface area contributed by atoms with Crippen molar-refractivity contribution in [1.82, 2.24) is 5.32 Å². The summed E-state index contributed by atoms with van der Waals surface area (Å²) in [6, 6.07) is 4.85. The van der Waals surface area contributed by atoms with Gasteiger partial charge in [0.15, 0.2) is 0 Å². The van der Waals surface area contributed by atoms with Crippen molar-refractivity contribution in [3.63, 3.8) is 0 Å². The minimum atomic E-state index is 0.447. The summed E-state index contributed by atoms with van der Waals surface area (Å²) >= 11 is 6.19. The van der Waals surface area contributed by atoms with Gasteiger partial charge in [0.1, 0.15) is 11.5 Å². The van der Waals surface area contributed by atoms with Gasteiger partial charge < -0.3 is 19.7 Å². The van der Waals surface area contributed by atoms with E-state index in [0.29, 0.717) is 22.9 Å². The van der Waals surface area contributed by atoms with Crippen molar-refractivity contribution in [3.05, 3.63) is 17.2 Å². The Morgan fingerprint density at radius 3 is 2.57 bits per heavy atom. The standard InChI is InChI=1S/C16H25ClN2O2/c1-5-18-12-6-7-19(11(2)8-12)14-10-15(20-3)13(17)9-16(14)21-4/h9-12,18H,5-8H2,1-4H3. The predicted molar refractivity (Wildman–Crippen MR) is 88.1 cm³/mol. The number of hydrogen-bond donors (Lipinski definition) is 1. The Bertz CT molecular complexity index is 482. The SMILES string of the molecule is CCNC1CCN(c2cc(OC)c(Cl)cc2OC)C(C)C1. The summed E-state index contributed by atoms with van der Waals surface area (Å²) in [6.45, 7) is 6.43. The molecule has 0 saturated carbocycles. The Kier molecular flexibility index (Phi) is 5.59. The second-order valence-electron chi connectivity index (χ2n) is 5.48. The number of hydrogen-bond acceptors (Lipinski definition) is 4. The second-order valence-corrected chi connectivity index (χ2v) is 5.89. The number of piperidine rings is 1. The average molecular weight is 313 g/mol. The molecule has 1 saturated heterocycles. The third-order valence-corrected chi connectivity index (χ3v) is 4.43. The summed E-state index contributed by atoms with van der Waals surface area (Å²) in [5.74, 6) is 1.49. The molecule has 1 aliphatic heterocycles. The fraction of sp³-hybridized carbons (Fsp3) is 0.625. The van der Waals surface area contributed by atoms with Crippen molar-refractivity contribution >= 4 is 17.3 Å². The summed E-state index contributed by atoms with van der Waals surface area (Å²) in [5.41, 5.74) is 1.06. The molecule has 0 radical (unpaired) electrons. The molecule has 4 nitrogen and oxygen atoms in total. The topological polar surface area (TPSA) is 33.7 Å². The summed E-state index contributed by atoms with van der Waals surface area (Å²) in [5, 5.41) is 4.12. The number of halogens is 1. The summed E-state index contributed by atoms with van der Waals surface area (Å²) < 4.78 is 10.8. The van der Waals surface area contributed by atoms with Gasteiger partial charge in [0.25, 0.3) is 0 Å². The molecule has 0 bridgehead atoms. The van der Waals surface area contributed by atoms with Gasteiger partial charge in [0, 0.05) is 30.8 Å². The molecule has 1 heterocycles. The first-order valence-electron chi connectivity index (χ1n) is 7.52. The zero-order chi connectivity index (χ0) is 15.4. The molecule has 21 heavy (non-hydrogen) atoms. The van der Waals surface area contributed by atoms with Gasteiger partial charge in [-0.05, 0) is 26.3 Å². The Morgan fingerprint density at radius 1 is 1.29 bits per heavy atom. The Labute approximate surface area is 132 Å². The maximum Gasteiger partial charge on any atom is 0.143 e. The summed E-state index contributed by atoms with van der Waals surface area (Å²) in [6.07, 6.45) is 2.26. The van der Waals surface area contributed by atoms with Crippen LogP contribution >= 0.6 is 11.6 Å². The highest BCUT2D eigenvalue weighted by atomic mass is 35.5. The Balaban J connectivity index is 2.25. The predicted octanol–water partition coefficient (Wildman–Crippen LogP) is 3.32. The molecule has 1 aromatic rings. The van der Waals surface area contributed by atoms with Crippen LogP contribution in [0.4, 0.5) is 5.69 Å². The zero-order valence-electron chi connectivity index (χ0n) is 13.3. The fourth-order valence-corrected chi connectivity index (χ4v) is 3.30. The minimum Gasteiger partial charge on any atom is -0.495 e. The van der Waals surface area contributed by atoms with Crippen LogP contribution in [-0.4, -0.2) is 39.4 Å². The number of benzene rings is 1. The second kappa shape index (κ2) is 7.23. The van der Waals surface area contributed by atoms with Crippen molar-refractivity contribution in [2.45, 2.75) is 38.8 Å². The van der Waals surface area contributed by atoms with Crippen LogP contribution in [-0.2, 0) is 0 Å². The Hall–Kier alpha value is -1.13. The molecule has 2 rings (SSSR count). The van der Waals surface area contributed by atoms with E-state index in [-0.39, 0.29) is 0 Å². The van der Waals surface area contributed by atoms with Crippen LogP contribution in [0.2, 0.25) is 5.02 Å². The van der Waals surface area contributed by atoms with Crippen LogP contribution in [0.15, 0.2) is 12.1 Å². The smallest absolute Gasteiger partial charge is 0.143 e. The van der Waals surface area contributed by atoms with Crippen LogP contribution < -0.4 is 19.7 Å². The van der Waals surface area contributed by atoms with Crippen molar-refractivity contribution in [2.24, 2.45) is 0 Å². The molecular weight excluding hydrogens is 288 g/mol. The van der Waals surface area contributed by atoms with E-state index in [1.54, 1.807) is 14.2 Å². The third kappa shape index (κ3) is 3.55. The molecule has 1 N–H and O–H groups in total. The number of ether oxygens (including phenoxy) is 2. The summed E-state index contributed by atoms with van der Waals surface area (Å²) in [7, 11) is 3.32. The monoisotopic (exact) mass is 312 g/mol. The van der Waals surface area contributed by atoms with Crippen LogP contribution in [0, 0.1) is 0 Å². The molecule has 5 heteroatoms.